The maximum atomic E-state index is 14.4. The number of fused-ring (bicyclic) bond motifs is 1. The van der Waals surface area contributed by atoms with Crippen LogP contribution >= 0.6 is 0 Å². The summed E-state index contributed by atoms with van der Waals surface area (Å²) in [4.78, 5) is 27.8. The fraction of sp³-hybridized carbons (Fsp3) is 0.320. The maximum absolute atomic E-state index is 14.4. The fourth-order valence-corrected chi connectivity index (χ4v) is 4.27. The molecule has 0 saturated carbocycles. The Hall–Kier alpha value is -3.73. The minimum Gasteiger partial charge on any atom is -0.435 e. The Morgan fingerprint density at radius 2 is 1.58 bits per heavy atom. The molecule has 0 radical (unpaired) electrons. The number of amides is 1. The Bertz CT molecular complexity index is 1310. The number of rotatable bonds is 4. The van der Waals surface area contributed by atoms with Gasteiger partial charge in [-0.05, 0) is 31.3 Å². The van der Waals surface area contributed by atoms with Crippen molar-refractivity contribution >= 4 is 11.9 Å². The van der Waals surface area contributed by atoms with Crippen LogP contribution in [0.4, 0.5) is 23.5 Å². The molecule has 0 unspecified atom stereocenters. The van der Waals surface area contributed by atoms with Crippen molar-refractivity contribution in [3.8, 4) is 11.6 Å². The van der Waals surface area contributed by atoms with Crippen molar-refractivity contribution in [2.45, 2.75) is 13.0 Å². The molecule has 0 N–H and O–H groups in total. The number of halogens is 4. The predicted molar refractivity (Wildman–Crippen MR) is 123 cm³/mol. The summed E-state index contributed by atoms with van der Waals surface area (Å²) in [5.41, 5.74) is 0.806. The van der Waals surface area contributed by atoms with Crippen molar-refractivity contribution < 1.29 is 27.1 Å². The Morgan fingerprint density at radius 3 is 2.28 bits per heavy atom. The van der Waals surface area contributed by atoms with Crippen LogP contribution in [0, 0.1) is 23.3 Å². The molecular weight excluding hydrogens is 478 g/mol. The zero-order valence-corrected chi connectivity index (χ0v) is 19.5. The monoisotopic (exact) mass is 501 g/mol. The van der Waals surface area contributed by atoms with Crippen LogP contribution in [0.5, 0.6) is 11.6 Å². The van der Waals surface area contributed by atoms with E-state index in [0.717, 1.165) is 37.4 Å². The lowest BCUT2D eigenvalue weighted by Gasteiger charge is -2.34. The first-order valence-electron chi connectivity index (χ1n) is 11.5. The zero-order chi connectivity index (χ0) is 25.4. The molecule has 2 aromatic carbocycles. The van der Waals surface area contributed by atoms with Gasteiger partial charge in [0, 0.05) is 51.3 Å². The molecule has 2 aliphatic rings. The third kappa shape index (κ3) is 4.83. The zero-order valence-electron chi connectivity index (χ0n) is 19.5. The quantitative estimate of drug-likeness (QED) is 0.508. The molecule has 1 amide bonds. The molecule has 0 spiro atoms. The molecule has 1 aromatic heterocycles. The average molecular weight is 501 g/mol. The van der Waals surface area contributed by atoms with Crippen molar-refractivity contribution in [2.24, 2.45) is 0 Å². The summed E-state index contributed by atoms with van der Waals surface area (Å²) in [6, 6.07) is 5.71. The summed E-state index contributed by atoms with van der Waals surface area (Å²) < 4.78 is 61.2. The molecule has 7 nitrogen and oxygen atoms in total. The topological polar surface area (TPSA) is 61.8 Å². The number of hydrogen-bond acceptors (Lipinski definition) is 6. The summed E-state index contributed by atoms with van der Waals surface area (Å²) in [6.45, 7) is 3.23. The van der Waals surface area contributed by atoms with E-state index < -0.39 is 29.2 Å². The minimum absolute atomic E-state index is 0.0217. The van der Waals surface area contributed by atoms with Crippen molar-refractivity contribution in [1.29, 1.82) is 0 Å². The molecule has 3 aromatic rings. The highest BCUT2D eigenvalue weighted by Gasteiger charge is 2.30. The first kappa shape index (κ1) is 24.0. The van der Waals surface area contributed by atoms with Gasteiger partial charge in [-0.1, -0.05) is 0 Å². The number of likely N-dealkylation sites (N-methyl/N-ethyl adjacent to an activating group) is 1. The van der Waals surface area contributed by atoms with E-state index in [1.54, 1.807) is 0 Å². The van der Waals surface area contributed by atoms with E-state index in [-0.39, 0.29) is 30.3 Å². The molecular formula is C25H23F4N5O2. The molecule has 0 bridgehead atoms. The van der Waals surface area contributed by atoms with Crippen LogP contribution in [0.2, 0.25) is 0 Å². The normalized spacial score (nSPS) is 16.1. The summed E-state index contributed by atoms with van der Waals surface area (Å²) in [5, 5.41) is 0. The molecule has 5 rings (SSSR count). The van der Waals surface area contributed by atoms with Crippen molar-refractivity contribution in [1.82, 2.24) is 19.8 Å². The second-order valence-corrected chi connectivity index (χ2v) is 8.82. The average Bonchev–Trinajstić information content (AvgIpc) is 2.85. The van der Waals surface area contributed by atoms with Gasteiger partial charge in [-0.2, -0.15) is 4.98 Å². The SMILES string of the molecule is CN1CCN(c2nc3c(c(Oc4ccc(F)cc4F)n2)CN(C(=O)c2ccc(F)cc2F)CC3)CC1. The number of aromatic nitrogens is 2. The lowest BCUT2D eigenvalue weighted by atomic mass is 10.0. The van der Waals surface area contributed by atoms with Crippen molar-refractivity contribution in [3.63, 3.8) is 0 Å². The Labute approximate surface area is 204 Å². The van der Waals surface area contributed by atoms with Gasteiger partial charge in [0.25, 0.3) is 5.91 Å². The van der Waals surface area contributed by atoms with Gasteiger partial charge in [0.05, 0.1) is 23.4 Å². The lowest BCUT2D eigenvalue weighted by molar-refractivity contribution is 0.0727. The minimum atomic E-state index is -0.961. The first-order valence-corrected chi connectivity index (χ1v) is 11.5. The van der Waals surface area contributed by atoms with Crippen LogP contribution in [0.1, 0.15) is 21.6 Å². The molecule has 3 heterocycles. The van der Waals surface area contributed by atoms with Crippen LogP contribution in [0.3, 0.4) is 0 Å². The van der Waals surface area contributed by atoms with Crippen LogP contribution < -0.4 is 9.64 Å². The third-order valence-electron chi connectivity index (χ3n) is 6.35. The summed E-state index contributed by atoms with van der Waals surface area (Å²) in [7, 11) is 2.02. The van der Waals surface area contributed by atoms with Gasteiger partial charge in [0.2, 0.25) is 11.8 Å². The van der Waals surface area contributed by atoms with Crippen molar-refractivity contribution in [3.05, 3.63) is 76.5 Å². The van der Waals surface area contributed by atoms with Crippen LogP contribution in [-0.4, -0.2) is 65.4 Å². The summed E-state index contributed by atoms with van der Waals surface area (Å²) in [5.74, 6) is -3.79. The van der Waals surface area contributed by atoms with Gasteiger partial charge in [0.1, 0.15) is 17.5 Å². The molecule has 0 atom stereocenters. The smallest absolute Gasteiger partial charge is 0.257 e. The number of hydrogen-bond donors (Lipinski definition) is 0. The highest BCUT2D eigenvalue weighted by Crippen LogP contribution is 2.33. The van der Waals surface area contributed by atoms with Gasteiger partial charge in [-0.3, -0.25) is 4.79 Å². The van der Waals surface area contributed by atoms with Crippen molar-refractivity contribution in [2.75, 3.05) is 44.7 Å². The molecule has 1 saturated heterocycles. The molecule has 188 valence electrons. The largest absolute Gasteiger partial charge is 0.435 e. The first-order chi connectivity index (χ1) is 17.3. The number of benzene rings is 2. The Kier molecular flexibility index (Phi) is 6.48. The van der Waals surface area contributed by atoms with Gasteiger partial charge < -0.3 is 19.4 Å². The highest BCUT2D eigenvalue weighted by molar-refractivity contribution is 5.94. The number of ether oxygens (including phenoxy) is 1. The van der Waals surface area contributed by atoms with E-state index >= 15 is 0 Å². The number of piperazine rings is 1. The van der Waals surface area contributed by atoms with E-state index in [1.165, 1.54) is 4.90 Å². The molecule has 0 aliphatic carbocycles. The number of carbonyl (C=O) groups is 1. The second kappa shape index (κ2) is 9.73. The summed E-state index contributed by atoms with van der Waals surface area (Å²) >= 11 is 0. The van der Waals surface area contributed by atoms with Crippen LogP contribution in [-0.2, 0) is 13.0 Å². The third-order valence-corrected chi connectivity index (χ3v) is 6.35. The highest BCUT2D eigenvalue weighted by atomic mass is 19.1. The van der Waals surface area contributed by atoms with E-state index in [2.05, 4.69) is 9.88 Å². The number of carbonyl (C=O) groups excluding carboxylic acids is 1. The van der Waals surface area contributed by atoms with E-state index in [0.29, 0.717) is 48.8 Å². The van der Waals surface area contributed by atoms with Gasteiger partial charge in [-0.15, -0.1) is 0 Å². The van der Waals surface area contributed by atoms with Crippen LogP contribution in [0.15, 0.2) is 36.4 Å². The molecule has 11 heteroatoms. The van der Waals surface area contributed by atoms with E-state index in [9.17, 15) is 22.4 Å². The molecule has 2 aliphatic heterocycles. The van der Waals surface area contributed by atoms with Crippen LogP contribution in [0.25, 0.3) is 0 Å². The Balaban J connectivity index is 1.50. The predicted octanol–water partition coefficient (Wildman–Crippen LogP) is 3.78. The number of anilines is 1. The number of nitrogens with zero attached hydrogens (tertiary/aromatic N) is 5. The fourth-order valence-electron chi connectivity index (χ4n) is 4.27. The van der Waals surface area contributed by atoms with Gasteiger partial charge in [-0.25, -0.2) is 22.5 Å². The lowest BCUT2D eigenvalue weighted by Crippen LogP contribution is -2.45. The standard InChI is InChI=1S/C25H23F4N5O2/c1-32-8-10-33(11-9-32)25-30-21-6-7-34(24(35)17-4-2-15(26)12-19(17)28)14-18(21)23(31-25)36-22-5-3-16(27)13-20(22)29/h2-5,12-13H,6-11,14H2,1H3. The van der Waals surface area contributed by atoms with E-state index in [1.807, 2.05) is 11.9 Å². The second-order valence-electron chi connectivity index (χ2n) is 8.82. The maximum Gasteiger partial charge on any atom is 0.257 e. The van der Waals surface area contributed by atoms with Gasteiger partial charge in [0.15, 0.2) is 11.6 Å². The Morgan fingerprint density at radius 1 is 0.889 bits per heavy atom. The van der Waals surface area contributed by atoms with Gasteiger partial charge >= 0.3 is 0 Å². The molecule has 1 fully saturated rings. The summed E-state index contributed by atoms with van der Waals surface area (Å²) in [6.07, 6.45) is 0.329. The molecule has 36 heavy (non-hydrogen) atoms. The van der Waals surface area contributed by atoms with E-state index in [4.69, 9.17) is 9.72 Å².